The predicted octanol–water partition coefficient (Wildman–Crippen LogP) is 3.06. The fourth-order valence-electron chi connectivity index (χ4n) is 1.36. The zero-order chi connectivity index (χ0) is 10.8. The maximum Gasteiger partial charge on any atom is 0.158 e. The van der Waals surface area contributed by atoms with Crippen LogP contribution in [0.15, 0.2) is 11.6 Å². The Hall–Kier alpha value is -0.920. The molecule has 14 heavy (non-hydrogen) atoms. The average Bonchev–Trinajstić information content (AvgIpc) is 2.18. The molecule has 0 amide bonds. The van der Waals surface area contributed by atoms with Gasteiger partial charge >= 0.3 is 0 Å². The lowest BCUT2D eigenvalue weighted by atomic mass is 10.0. The Balaban J connectivity index is 4.02. The van der Waals surface area contributed by atoms with Crippen LogP contribution in [0.4, 0.5) is 0 Å². The van der Waals surface area contributed by atoms with Crippen molar-refractivity contribution in [3.8, 4) is 0 Å². The monoisotopic (exact) mass is 196 g/mol. The number of carbonyl (C=O) groups excluding carboxylic acids is 2. The molecule has 0 atom stereocenters. The summed E-state index contributed by atoms with van der Waals surface area (Å²) < 4.78 is 0. The Bertz CT molecular complexity index is 204. The number of ketones is 1. The molecule has 0 rings (SSSR count). The number of carbonyl (C=O) groups is 2. The number of aldehydes is 1. The molecule has 0 aromatic heterocycles. The molecule has 0 spiro atoms. The highest BCUT2D eigenvalue weighted by molar-refractivity contribution is 5.98. The smallest absolute Gasteiger partial charge is 0.158 e. The van der Waals surface area contributed by atoms with Gasteiger partial charge in [-0.2, -0.15) is 0 Å². The van der Waals surface area contributed by atoms with Gasteiger partial charge in [0.25, 0.3) is 0 Å². The summed E-state index contributed by atoms with van der Waals surface area (Å²) in [4.78, 5) is 21.9. The molecule has 0 aliphatic carbocycles. The molecule has 0 N–H and O–H groups in total. The molecule has 0 fully saturated rings. The van der Waals surface area contributed by atoms with Crippen molar-refractivity contribution in [3.63, 3.8) is 0 Å². The Morgan fingerprint density at radius 2 is 1.79 bits per heavy atom. The van der Waals surface area contributed by atoms with E-state index in [9.17, 15) is 9.59 Å². The van der Waals surface area contributed by atoms with Crippen molar-refractivity contribution in [2.45, 2.75) is 52.4 Å². The number of Topliss-reactive ketones (excluding diaryl/α,β-unsaturated/α-hetero) is 1. The Kier molecular flexibility index (Phi) is 8.10. The number of allylic oxidation sites excluding steroid dienone is 2. The highest BCUT2D eigenvalue weighted by atomic mass is 16.1. The highest BCUT2D eigenvalue weighted by Gasteiger charge is 2.07. The number of rotatable bonds is 8. The van der Waals surface area contributed by atoms with Crippen molar-refractivity contribution >= 4 is 12.1 Å². The van der Waals surface area contributed by atoms with Crippen LogP contribution in [-0.4, -0.2) is 12.1 Å². The van der Waals surface area contributed by atoms with E-state index in [0.29, 0.717) is 18.3 Å². The van der Waals surface area contributed by atoms with Crippen molar-refractivity contribution in [2.24, 2.45) is 0 Å². The zero-order valence-electron chi connectivity index (χ0n) is 9.21. The molecule has 0 heterocycles. The lowest BCUT2D eigenvalue weighted by Crippen LogP contribution is -2.02. The average molecular weight is 196 g/mol. The summed E-state index contributed by atoms with van der Waals surface area (Å²) in [6, 6.07) is 0. The second kappa shape index (κ2) is 8.67. The van der Waals surface area contributed by atoms with Crippen LogP contribution in [0, 0.1) is 0 Å². The van der Waals surface area contributed by atoms with Crippen LogP contribution < -0.4 is 0 Å². The number of hydrogen-bond acceptors (Lipinski definition) is 2. The van der Waals surface area contributed by atoms with Gasteiger partial charge in [-0.25, -0.2) is 0 Å². The first kappa shape index (κ1) is 13.1. The van der Waals surface area contributed by atoms with Crippen molar-refractivity contribution in [1.29, 1.82) is 0 Å². The maximum atomic E-state index is 11.6. The number of hydrogen-bond donors (Lipinski definition) is 0. The molecule has 0 unspecified atom stereocenters. The Labute approximate surface area is 86.4 Å². The third-order valence-electron chi connectivity index (χ3n) is 2.15. The van der Waals surface area contributed by atoms with Gasteiger partial charge in [0.15, 0.2) is 5.78 Å². The standard InChI is InChI=1S/C12H20O2/c1-3-5-6-8-12(14)11(7-4-2)9-10-13/h9-10H,3-8H2,1-2H3. The number of unbranched alkanes of at least 4 members (excludes halogenated alkanes) is 2. The molecule has 2 nitrogen and oxygen atoms in total. The molecule has 0 bridgehead atoms. The molecule has 80 valence electrons. The van der Waals surface area contributed by atoms with Crippen LogP contribution in [0.5, 0.6) is 0 Å². The molecular formula is C12H20O2. The molecule has 0 radical (unpaired) electrons. The molecule has 0 aliphatic rings. The van der Waals surface area contributed by atoms with E-state index in [1.165, 1.54) is 6.08 Å². The fraction of sp³-hybridized carbons (Fsp3) is 0.667. The topological polar surface area (TPSA) is 34.1 Å². The summed E-state index contributed by atoms with van der Waals surface area (Å²) in [5, 5.41) is 0. The van der Waals surface area contributed by atoms with E-state index in [0.717, 1.165) is 32.1 Å². The van der Waals surface area contributed by atoms with Crippen molar-refractivity contribution in [2.75, 3.05) is 0 Å². The molecule has 0 aromatic carbocycles. The van der Waals surface area contributed by atoms with Gasteiger partial charge in [0.05, 0.1) is 0 Å². The largest absolute Gasteiger partial charge is 0.299 e. The normalized spacial score (nSPS) is 11.4. The first-order valence-corrected chi connectivity index (χ1v) is 5.43. The van der Waals surface area contributed by atoms with E-state index in [2.05, 4.69) is 6.92 Å². The van der Waals surface area contributed by atoms with Crippen LogP contribution in [-0.2, 0) is 9.59 Å². The fourth-order valence-corrected chi connectivity index (χ4v) is 1.36. The van der Waals surface area contributed by atoms with Crippen molar-refractivity contribution in [1.82, 2.24) is 0 Å². The van der Waals surface area contributed by atoms with E-state index in [1.54, 1.807) is 0 Å². The van der Waals surface area contributed by atoms with E-state index in [4.69, 9.17) is 0 Å². The first-order valence-electron chi connectivity index (χ1n) is 5.43. The van der Waals surface area contributed by atoms with E-state index in [-0.39, 0.29) is 5.78 Å². The van der Waals surface area contributed by atoms with Gasteiger partial charge in [0.2, 0.25) is 0 Å². The molecular weight excluding hydrogens is 176 g/mol. The summed E-state index contributed by atoms with van der Waals surface area (Å²) in [5.41, 5.74) is 0.693. The second-order valence-electron chi connectivity index (χ2n) is 3.46. The molecule has 0 aliphatic heterocycles. The molecule has 2 heteroatoms. The molecule has 0 saturated heterocycles. The summed E-state index contributed by atoms with van der Waals surface area (Å²) in [7, 11) is 0. The summed E-state index contributed by atoms with van der Waals surface area (Å²) in [5.74, 6) is 0.146. The highest BCUT2D eigenvalue weighted by Crippen LogP contribution is 2.10. The van der Waals surface area contributed by atoms with Gasteiger partial charge in [-0.05, 0) is 24.5 Å². The van der Waals surface area contributed by atoms with Crippen LogP contribution in [0.1, 0.15) is 52.4 Å². The lowest BCUT2D eigenvalue weighted by molar-refractivity contribution is -0.116. The minimum atomic E-state index is 0.146. The predicted molar refractivity (Wildman–Crippen MR) is 58.2 cm³/mol. The summed E-state index contributed by atoms with van der Waals surface area (Å²) >= 11 is 0. The lowest BCUT2D eigenvalue weighted by Gasteiger charge is -2.03. The van der Waals surface area contributed by atoms with Gasteiger partial charge < -0.3 is 0 Å². The van der Waals surface area contributed by atoms with Gasteiger partial charge in [-0.15, -0.1) is 0 Å². The molecule has 0 saturated carbocycles. The maximum absolute atomic E-state index is 11.6. The zero-order valence-corrected chi connectivity index (χ0v) is 9.21. The van der Waals surface area contributed by atoms with Gasteiger partial charge in [-0.1, -0.05) is 33.1 Å². The first-order chi connectivity index (χ1) is 6.76. The van der Waals surface area contributed by atoms with Crippen molar-refractivity contribution in [3.05, 3.63) is 11.6 Å². The summed E-state index contributed by atoms with van der Waals surface area (Å²) in [6.45, 7) is 4.12. The third-order valence-corrected chi connectivity index (χ3v) is 2.15. The van der Waals surface area contributed by atoms with E-state index < -0.39 is 0 Å². The van der Waals surface area contributed by atoms with Crippen LogP contribution >= 0.6 is 0 Å². The van der Waals surface area contributed by atoms with Crippen molar-refractivity contribution < 1.29 is 9.59 Å². The Morgan fingerprint density at radius 3 is 2.29 bits per heavy atom. The van der Waals surface area contributed by atoms with Crippen LogP contribution in [0.3, 0.4) is 0 Å². The molecule has 0 aromatic rings. The summed E-state index contributed by atoms with van der Waals surface area (Å²) in [6.07, 6.45) is 7.51. The second-order valence-corrected chi connectivity index (χ2v) is 3.46. The Morgan fingerprint density at radius 1 is 1.07 bits per heavy atom. The van der Waals surface area contributed by atoms with Gasteiger partial charge in [0, 0.05) is 6.42 Å². The van der Waals surface area contributed by atoms with Crippen LogP contribution in [0.25, 0.3) is 0 Å². The minimum Gasteiger partial charge on any atom is -0.299 e. The van der Waals surface area contributed by atoms with Crippen LogP contribution in [0.2, 0.25) is 0 Å². The SMILES string of the molecule is CCCCCC(=O)C(=CC=O)CCC. The van der Waals surface area contributed by atoms with E-state index in [1.807, 2.05) is 6.92 Å². The minimum absolute atomic E-state index is 0.146. The van der Waals surface area contributed by atoms with E-state index >= 15 is 0 Å². The third kappa shape index (κ3) is 5.68. The quantitative estimate of drug-likeness (QED) is 0.339. The van der Waals surface area contributed by atoms with Gasteiger partial charge in [0.1, 0.15) is 6.29 Å². The van der Waals surface area contributed by atoms with Gasteiger partial charge in [-0.3, -0.25) is 9.59 Å².